The van der Waals surface area contributed by atoms with Gasteiger partial charge in [-0.1, -0.05) is 11.6 Å². The standard InChI is InChI=1S/C15H23ClN4O/c1-11(21)20(12-5-6-12)9-13-4-3-7-19(13)10-15-17-8-14(16)18(15)2/h8,12-13H,3-7,9-10H2,1-2H3/t13-/m1/s1. The zero-order valence-corrected chi connectivity index (χ0v) is 13.5. The molecule has 116 valence electrons. The highest BCUT2D eigenvalue weighted by Crippen LogP contribution is 2.29. The molecule has 1 amide bonds. The van der Waals surface area contributed by atoms with Gasteiger partial charge in [0.25, 0.3) is 0 Å². The molecule has 0 bridgehead atoms. The van der Waals surface area contributed by atoms with Crippen molar-refractivity contribution in [1.82, 2.24) is 19.4 Å². The lowest BCUT2D eigenvalue weighted by Gasteiger charge is -2.30. The van der Waals surface area contributed by atoms with Crippen molar-refractivity contribution in [2.45, 2.75) is 51.2 Å². The number of carbonyl (C=O) groups excluding carboxylic acids is 1. The highest BCUT2D eigenvalue weighted by molar-refractivity contribution is 6.29. The molecule has 2 fully saturated rings. The molecule has 1 saturated heterocycles. The molecule has 5 nitrogen and oxygen atoms in total. The number of hydrogen-bond donors (Lipinski definition) is 0. The smallest absolute Gasteiger partial charge is 0.219 e. The van der Waals surface area contributed by atoms with E-state index < -0.39 is 0 Å². The van der Waals surface area contributed by atoms with E-state index in [1.165, 1.54) is 19.3 Å². The Kier molecular flexibility index (Phi) is 4.22. The van der Waals surface area contributed by atoms with Crippen LogP contribution in [0.3, 0.4) is 0 Å². The molecule has 0 unspecified atom stereocenters. The molecule has 0 N–H and O–H groups in total. The van der Waals surface area contributed by atoms with Crippen LogP contribution in [0.5, 0.6) is 0 Å². The first-order chi connectivity index (χ1) is 10.1. The van der Waals surface area contributed by atoms with E-state index in [0.717, 1.165) is 31.9 Å². The molecule has 3 rings (SSSR count). The van der Waals surface area contributed by atoms with Crippen molar-refractivity contribution in [3.63, 3.8) is 0 Å². The molecule has 2 aliphatic rings. The van der Waals surface area contributed by atoms with Crippen molar-refractivity contribution < 1.29 is 4.79 Å². The van der Waals surface area contributed by atoms with Gasteiger partial charge in [-0.15, -0.1) is 0 Å². The number of likely N-dealkylation sites (tertiary alicyclic amines) is 1. The molecule has 1 aromatic heterocycles. The van der Waals surface area contributed by atoms with E-state index in [1.807, 2.05) is 11.6 Å². The number of halogens is 1. The minimum atomic E-state index is 0.212. The van der Waals surface area contributed by atoms with Crippen LogP contribution >= 0.6 is 11.6 Å². The fraction of sp³-hybridized carbons (Fsp3) is 0.733. The molecule has 6 heteroatoms. The van der Waals surface area contributed by atoms with Crippen molar-refractivity contribution in [2.75, 3.05) is 13.1 Å². The molecule has 21 heavy (non-hydrogen) atoms. The van der Waals surface area contributed by atoms with Crippen LogP contribution in [0.2, 0.25) is 5.15 Å². The summed E-state index contributed by atoms with van der Waals surface area (Å²) in [7, 11) is 1.95. The summed E-state index contributed by atoms with van der Waals surface area (Å²) in [5, 5.41) is 0.670. The number of amides is 1. The van der Waals surface area contributed by atoms with Gasteiger partial charge in [0.2, 0.25) is 5.91 Å². The molecule has 1 atom stereocenters. The maximum absolute atomic E-state index is 11.8. The van der Waals surface area contributed by atoms with E-state index in [9.17, 15) is 4.79 Å². The Balaban J connectivity index is 1.65. The second kappa shape index (κ2) is 5.97. The van der Waals surface area contributed by atoms with Crippen LogP contribution in [-0.4, -0.2) is 50.4 Å². The van der Waals surface area contributed by atoms with Crippen molar-refractivity contribution >= 4 is 17.5 Å². The second-order valence-corrected chi connectivity index (χ2v) is 6.61. The molecule has 1 aliphatic carbocycles. The van der Waals surface area contributed by atoms with E-state index in [4.69, 9.17) is 11.6 Å². The van der Waals surface area contributed by atoms with Gasteiger partial charge in [0, 0.05) is 32.6 Å². The van der Waals surface area contributed by atoms with Crippen LogP contribution in [0.15, 0.2) is 6.20 Å². The third-order valence-corrected chi connectivity index (χ3v) is 5.02. The van der Waals surface area contributed by atoms with Crippen LogP contribution in [0.1, 0.15) is 38.4 Å². The Bertz CT molecular complexity index is 526. The van der Waals surface area contributed by atoms with Gasteiger partial charge in [0.05, 0.1) is 12.7 Å². The summed E-state index contributed by atoms with van der Waals surface area (Å²) in [5.41, 5.74) is 0. The molecule has 0 radical (unpaired) electrons. The highest BCUT2D eigenvalue weighted by atomic mass is 35.5. The Morgan fingerprint density at radius 3 is 2.81 bits per heavy atom. The average Bonchev–Trinajstić information content (AvgIpc) is 3.12. The lowest BCUT2D eigenvalue weighted by atomic mass is 10.2. The lowest BCUT2D eigenvalue weighted by molar-refractivity contribution is -0.130. The maximum atomic E-state index is 11.8. The summed E-state index contributed by atoms with van der Waals surface area (Å²) in [6.45, 7) is 4.43. The quantitative estimate of drug-likeness (QED) is 0.836. The third-order valence-electron chi connectivity index (χ3n) is 4.67. The summed E-state index contributed by atoms with van der Waals surface area (Å²) in [6.07, 6.45) is 6.39. The molecule has 0 aromatic carbocycles. The monoisotopic (exact) mass is 310 g/mol. The summed E-state index contributed by atoms with van der Waals surface area (Å²) in [5.74, 6) is 1.21. The van der Waals surface area contributed by atoms with Crippen LogP contribution < -0.4 is 0 Å². The van der Waals surface area contributed by atoms with E-state index in [-0.39, 0.29) is 5.91 Å². The Morgan fingerprint density at radius 1 is 1.48 bits per heavy atom. The number of aromatic nitrogens is 2. The number of imidazole rings is 1. The molecule has 0 spiro atoms. The number of carbonyl (C=O) groups is 1. The van der Waals surface area contributed by atoms with Gasteiger partial charge in [0.15, 0.2) is 0 Å². The van der Waals surface area contributed by atoms with E-state index in [0.29, 0.717) is 17.2 Å². The first kappa shape index (κ1) is 14.9. The van der Waals surface area contributed by atoms with E-state index in [1.54, 1.807) is 13.1 Å². The number of rotatable bonds is 5. The lowest BCUT2D eigenvalue weighted by Crippen LogP contribution is -2.43. The molecular weight excluding hydrogens is 288 g/mol. The van der Waals surface area contributed by atoms with Crippen molar-refractivity contribution in [3.05, 3.63) is 17.2 Å². The Morgan fingerprint density at radius 2 is 2.24 bits per heavy atom. The highest BCUT2D eigenvalue weighted by Gasteiger charge is 2.35. The molecular formula is C15H23ClN4O. The van der Waals surface area contributed by atoms with E-state index in [2.05, 4.69) is 14.8 Å². The predicted molar refractivity (Wildman–Crippen MR) is 82.1 cm³/mol. The predicted octanol–water partition coefficient (Wildman–Crippen LogP) is 2.05. The fourth-order valence-electron chi connectivity index (χ4n) is 3.21. The van der Waals surface area contributed by atoms with Gasteiger partial charge in [0.1, 0.15) is 11.0 Å². The first-order valence-electron chi connectivity index (χ1n) is 7.73. The van der Waals surface area contributed by atoms with Crippen molar-refractivity contribution in [3.8, 4) is 0 Å². The average molecular weight is 311 g/mol. The minimum Gasteiger partial charge on any atom is -0.338 e. The number of nitrogens with zero attached hydrogens (tertiary/aromatic N) is 4. The molecule has 1 aliphatic heterocycles. The molecule has 1 aromatic rings. The Labute approximate surface area is 130 Å². The van der Waals surface area contributed by atoms with Gasteiger partial charge in [-0.3, -0.25) is 9.69 Å². The summed E-state index contributed by atoms with van der Waals surface area (Å²) in [6, 6.07) is 0.942. The van der Waals surface area contributed by atoms with Gasteiger partial charge in [-0.25, -0.2) is 4.98 Å². The van der Waals surface area contributed by atoms with Gasteiger partial charge in [-0.05, 0) is 32.2 Å². The van der Waals surface area contributed by atoms with Crippen molar-refractivity contribution in [2.24, 2.45) is 7.05 Å². The van der Waals surface area contributed by atoms with Crippen LogP contribution in [0.4, 0.5) is 0 Å². The normalized spacial score (nSPS) is 22.7. The van der Waals surface area contributed by atoms with Crippen LogP contribution in [-0.2, 0) is 18.4 Å². The summed E-state index contributed by atoms with van der Waals surface area (Å²) in [4.78, 5) is 20.7. The van der Waals surface area contributed by atoms with E-state index >= 15 is 0 Å². The van der Waals surface area contributed by atoms with Crippen molar-refractivity contribution in [1.29, 1.82) is 0 Å². The molecule has 1 saturated carbocycles. The summed E-state index contributed by atoms with van der Waals surface area (Å²) >= 11 is 6.06. The first-order valence-corrected chi connectivity index (χ1v) is 8.11. The second-order valence-electron chi connectivity index (χ2n) is 6.23. The zero-order chi connectivity index (χ0) is 15.0. The molecule has 2 heterocycles. The fourth-order valence-corrected chi connectivity index (χ4v) is 3.36. The maximum Gasteiger partial charge on any atom is 0.219 e. The van der Waals surface area contributed by atoms with Gasteiger partial charge >= 0.3 is 0 Å². The SMILES string of the molecule is CC(=O)N(C[C@H]1CCCN1Cc1ncc(Cl)n1C)C1CC1. The van der Waals surface area contributed by atoms with Gasteiger partial charge in [-0.2, -0.15) is 0 Å². The zero-order valence-electron chi connectivity index (χ0n) is 12.8. The number of hydrogen-bond acceptors (Lipinski definition) is 3. The summed E-state index contributed by atoms with van der Waals surface area (Å²) < 4.78 is 1.93. The van der Waals surface area contributed by atoms with Crippen LogP contribution in [0, 0.1) is 0 Å². The largest absolute Gasteiger partial charge is 0.338 e. The van der Waals surface area contributed by atoms with Crippen LogP contribution in [0.25, 0.3) is 0 Å². The Hall–Kier alpha value is -1.07. The van der Waals surface area contributed by atoms with Gasteiger partial charge < -0.3 is 9.47 Å². The topological polar surface area (TPSA) is 41.4 Å². The third kappa shape index (κ3) is 3.24. The minimum absolute atomic E-state index is 0.212.